The smallest absolute Gasteiger partial charge is 0.294 e. The molecular formula is C20H17F4NOS. The van der Waals surface area contributed by atoms with Crippen LogP contribution >= 0.6 is 11.8 Å². The Balaban J connectivity index is 1.84. The number of rotatable bonds is 2. The van der Waals surface area contributed by atoms with Crippen LogP contribution in [0.3, 0.4) is 0 Å². The van der Waals surface area contributed by atoms with Crippen LogP contribution in [0.4, 0.5) is 17.6 Å². The number of benzene rings is 1. The Morgan fingerprint density at radius 1 is 1.22 bits per heavy atom. The van der Waals surface area contributed by atoms with E-state index in [1.807, 2.05) is 0 Å². The lowest BCUT2D eigenvalue weighted by Crippen LogP contribution is -2.32. The molecule has 4 rings (SSSR count). The van der Waals surface area contributed by atoms with E-state index in [-0.39, 0.29) is 17.0 Å². The fourth-order valence-electron chi connectivity index (χ4n) is 4.04. The van der Waals surface area contributed by atoms with Crippen molar-refractivity contribution < 1.29 is 22.4 Å². The van der Waals surface area contributed by atoms with Crippen molar-refractivity contribution in [2.24, 2.45) is 4.99 Å². The number of carbonyl (C=O) groups excluding carboxylic acids is 1. The third-order valence-corrected chi connectivity index (χ3v) is 6.67. The molecule has 1 fully saturated rings. The van der Waals surface area contributed by atoms with Crippen molar-refractivity contribution in [3.05, 3.63) is 53.0 Å². The van der Waals surface area contributed by atoms with Gasteiger partial charge in [0.2, 0.25) is 0 Å². The molecule has 2 unspecified atom stereocenters. The monoisotopic (exact) mass is 395 g/mol. The summed E-state index contributed by atoms with van der Waals surface area (Å²) in [4.78, 5) is 17.3. The van der Waals surface area contributed by atoms with Gasteiger partial charge < -0.3 is 0 Å². The summed E-state index contributed by atoms with van der Waals surface area (Å²) in [7, 11) is 0. The first-order valence-electron chi connectivity index (χ1n) is 8.78. The number of halogens is 4. The second-order valence-corrected chi connectivity index (χ2v) is 8.22. The fraction of sp³-hybridized carbons (Fsp3) is 0.400. The molecule has 0 aromatic heterocycles. The molecule has 1 aromatic rings. The molecule has 1 aromatic carbocycles. The van der Waals surface area contributed by atoms with Gasteiger partial charge in [-0.1, -0.05) is 12.6 Å². The van der Waals surface area contributed by atoms with Gasteiger partial charge in [0.1, 0.15) is 5.82 Å². The van der Waals surface area contributed by atoms with Crippen molar-refractivity contribution in [3.63, 3.8) is 0 Å². The van der Waals surface area contributed by atoms with E-state index in [1.54, 1.807) is 11.8 Å². The number of hydrogen-bond donors (Lipinski definition) is 0. The summed E-state index contributed by atoms with van der Waals surface area (Å²) in [6.45, 7) is 3.03. The molecule has 1 aliphatic carbocycles. The molecule has 2 atom stereocenters. The number of alkyl halides is 3. The van der Waals surface area contributed by atoms with Gasteiger partial charge in [-0.3, -0.25) is 9.79 Å². The van der Waals surface area contributed by atoms with E-state index < -0.39 is 23.1 Å². The lowest BCUT2D eigenvalue weighted by molar-refractivity contribution is -0.116. The van der Waals surface area contributed by atoms with Crippen LogP contribution in [0.15, 0.2) is 41.0 Å². The van der Waals surface area contributed by atoms with E-state index >= 15 is 0 Å². The number of nitrogens with zero attached hydrogens (tertiary/aromatic N) is 1. The summed E-state index contributed by atoms with van der Waals surface area (Å²) >= 11 is 1.66. The zero-order valence-electron chi connectivity index (χ0n) is 14.4. The molecule has 0 radical (unpaired) electrons. The van der Waals surface area contributed by atoms with E-state index in [9.17, 15) is 22.4 Å². The number of carbonyl (C=O) groups is 1. The van der Waals surface area contributed by atoms with Crippen LogP contribution in [-0.2, 0) is 4.79 Å². The van der Waals surface area contributed by atoms with Gasteiger partial charge in [-0.05, 0) is 42.7 Å². The molecule has 2 aliphatic heterocycles. The van der Waals surface area contributed by atoms with E-state index in [0.717, 1.165) is 36.1 Å². The second kappa shape index (κ2) is 6.62. The lowest BCUT2D eigenvalue weighted by Gasteiger charge is -2.33. The summed E-state index contributed by atoms with van der Waals surface area (Å²) in [6, 6.07) is 3.74. The topological polar surface area (TPSA) is 29.4 Å². The van der Waals surface area contributed by atoms with Crippen molar-refractivity contribution in [2.75, 3.05) is 5.75 Å². The molecule has 2 heterocycles. The standard InChI is InChI=1S/C20H17F4NOS/c1-10(20(22,23)24)12-9-11(5-6-13(12)21)17-18-14(3-2-4-16(18)26)25-15-7-8-27-19(15)17/h5-6,9,17,19H,1-4,7-8H2. The van der Waals surface area contributed by atoms with Crippen LogP contribution in [0.2, 0.25) is 0 Å². The first kappa shape index (κ1) is 18.5. The molecule has 1 saturated heterocycles. The summed E-state index contributed by atoms with van der Waals surface area (Å²) in [5, 5.41) is -0.0803. The van der Waals surface area contributed by atoms with Gasteiger partial charge in [-0.2, -0.15) is 24.9 Å². The minimum atomic E-state index is -4.72. The SMILES string of the molecule is C=C(c1cc(C2C3=C(CCCC3=O)N=C3CCSC32)ccc1F)C(F)(F)F. The van der Waals surface area contributed by atoms with Crippen LogP contribution < -0.4 is 0 Å². The Kier molecular flexibility index (Phi) is 4.53. The maximum Gasteiger partial charge on any atom is 0.416 e. The Hall–Kier alpha value is -1.89. The van der Waals surface area contributed by atoms with E-state index in [4.69, 9.17) is 0 Å². The molecule has 142 valence electrons. The fourth-order valence-corrected chi connectivity index (χ4v) is 5.47. The number of ketones is 1. The minimum Gasteiger partial charge on any atom is -0.294 e. The number of fused-ring (bicyclic) bond motifs is 1. The Morgan fingerprint density at radius 3 is 2.74 bits per heavy atom. The van der Waals surface area contributed by atoms with Crippen molar-refractivity contribution in [3.8, 4) is 0 Å². The van der Waals surface area contributed by atoms with Gasteiger partial charge >= 0.3 is 6.18 Å². The van der Waals surface area contributed by atoms with Crippen LogP contribution in [0.25, 0.3) is 5.57 Å². The van der Waals surface area contributed by atoms with Crippen molar-refractivity contribution in [1.29, 1.82) is 0 Å². The second-order valence-electron chi connectivity index (χ2n) is 6.97. The number of hydrogen-bond acceptors (Lipinski definition) is 3. The maximum absolute atomic E-state index is 14.1. The zero-order chi connectivity index (χ0) is 19.3. The highest BCUT2D eigenvalue weighted by atomic mass is 32.2. The zero-order valence-corrected chi connectivity index (χ0v) is 15.2. The molecule has 7 heteroatoms. The number of thioether (sulfide) groups is 1. The Bertz CT molecular complexity index is 900. The van der Waals surface area contributed by atoms with Gasteiger partial charge in [-0.15, -0.1) is 0 Å². The van der Waals surface area contributed by atoms with Crippen molar-refractivity contribution >= 4 is 28.8 Å². The summed E-state index contributed by atoms with van der Waals surface area (Å²) < 4.78 is 53.4. The summed E-state index contributed by atoms with van der Waals surface area (Å²) in [5.74, 6) is -0.489. The highest BCUT2D eigenvalue weighted by molar-refractivity contribution is 8.01. The number of aliphatic imine (C=N–C) groups is 1. The van der Waals surface area contributed by atoms with Crippen LogP contribution in [0.1, 0.15) is 42.7 Å². The lowest BCUT2D eigenvalue weighted by atomic mass is 9.76. The average molecular weight is 395 g/mol. The molecule has 3 aliphatic rings. The van der Waals surface area contributed by atoms with Crippen LogP contribution in [-0.4, -0.2) is 28.7 Å². The normalized spacial score (nSPS) is 25.2. The first-order valence-corrected chi connectivity index (χ1v) is 9.83. The number of allylic oxidation sites excluding steroid dienone is 3. The van der Waals surface area contributed by atoms with E-state index in [0.29, 0.717) is 24.0 Å². The highest BCUT2D eigenvalue weighted by Gasteiger charge is 2.43. The summed E-state index contributed by atoms with van der Waals surface area (Å²) in [6.07, 6.45) is -2.06. The summed E-state index contributed by atoms with van der Waals surface area (Å²) in [5.41, 5.74) is 1.09. The molecule has 0 saturated carbocycles. The molecule has 2 nitrogen and oxygen atoms in total. The molecule has 27 heavy (non-hydrogen) atoms. The Labute approximate surface area is 158 Å². The third kappa shape index (κ3) is 3.16. The van der Waals surface area contributed by atoms with E-state index in [2.05, 4.69) is 11.6 Å². The van der Waals surface area contributed by atoms with Crippen LogP contribution in [0, 0.1) is 5.82 Å². The van der Waals surface area contributed by atoms with E-state index in [1.165, 1.54) is 12.1 Å². The van der Waals surface area contributed by atoms with Gasteiger partial charge in [0.05, 0.1) is 10.8 Å². The molecular weight excluding hydrogens is 378 g/mol. The molecule has 0 amide bonds. The van der Waals surface area contributed by atoms with Crippen molar-refractivity contribution in [1.82, 2.24) is 0 Å². The third-order valence-electron chi connectivity index (χ3n) is 5.32. The van der Waals surface area contributed by atoms with Gasteiger partial charge in [0.25, 0.3) is 0 Å². The first-order chi connectivity index (χ1) is 12.8. The molecule has 0 spiro atoms. The number of Topliss-reactive ketones (excluding diaryl/α,β-unsaturated/α-hetero) is 1. The minimum absolute atomic E-state index is 0.00271. The highest BCUT2D eigenvalue weighted by Crippen LogP contribution is 2.48. The van der Waals surface area contributed by atoms with Gasteiger partial charge in [-0.25, -0.2) is 4.39 Å². The maximum atomic E-state index is 14.1. The molecule has 0 bridgehead atoms. The van der Waals surface area contributed by atoms with Gasteiger partial charge in [0, 0.05) is 34.9 Å². The predicted molar refractivity (Wildman–Crippen MR) is 98.4 cm³/mol. The quantitative estimate of drug-likeness (QED) is 0.623. The largest absolute Gasteiger partial charge is 0.416 e. The Morgan fingerprint density at radius 2 is 2.00 bits per heavy atom. The van der Waals surface area contributed by atoms with Crippen LogP contribution in [0.5, 0.6) is 0 Å². The average Bonchev–Trinajstić information content (AvgIpc) is 3.07. The molecule has 0 N–H and O–H groups in total. The van der Waals surface area contributed by atoms with Crippen molar-refractivity contribution in [2.45, 2.75) is 43.0 Å². The van der Waals surface area contributed by atoms with Gasteiger partial charge in [0.15, 0.2) is 5.78 Å². The predicted octanol–water partition coefficient (Wildman–Crippen LogP) is 5.45.